The summed E-state index contributed by atoms with van der Waals surface area (Å²) in [4.78, 5) is 12.4. The molecule has 3 aromatic rings. The quantitative estimate of drug-likeness (QED) is 0.285. The van der Waals surface area contributed by atoms with E-state index in [9.17, 15) is 10.0 Å². The molecule has 0 aliphatic rings. The number of nitrogen functional groups attached to an aromatic ring is 1. The topological polar surface area (TPSA) is 129 Å². The van der Waals surface area contributed by atoms with Gasteiger partial charge in [-0.2, -0.15) is 5.06 Å². The zero-order chi connectivity index (χ0) is 15.9. The Morgan fingerprint density at radius 3 is 2.77 bits per heavy atom. The van der Waals surface area contributed by atoms with Crippen molar-refractivity contribution in [2.24, 2.45) is 0 Å². The largest absolute Gasteiger partial charge is 0.379 e. The van der Waals surface area contributed by atoms with Crippen molar-refractivity contribution >= 4 is 50.6 Å². The number of halogens is 1. The first-order chi connectivity index (χ1) is 10.5. The molecule has 0 saturated heterocycles. The molecule has 0 aliphatic carbocycles. The molecular formula is C12H8ClN5O3S. The van der Waals surface area contributed by atoms with E-state index in [1.54, 1.807) is 18.2 Å². The number of nitrogens with zero attached hydrogens (tertiary/aromatic N) is 3. The molecule has 8 nitrogen and oxygen atoms in total. The highest BCUT2D eigenvalue weighted by atomic mass is 35.5. The number of hydrogen-bond acceptors (Lipinski definition) is 8. The molecule has 1 aromatic carbocycles. The molecule has 0 unspecified atom stereocenters. The average Bonchev–Trinajstić information content (AvgIpc) is 3.09. The Hall–Kier alpha value is -2.49. The van der Waals surface area contributed by atoms with Crippen molar-refractivity contribution in [3.05, 3.63) is 39.9 Å². The molecule has 112 valence electrons. The number of hydrogen-bond donors (Lipinski definition) is 3. The number of fused-ring (bicyclic) bond motifs is 1. The van der Waals surface area contributed by atoms with Crippen LogP contribution in [0.4, 0.5) is 5.82 Å². The second kappa shape index (κ2) is 5.37. The van der Waals surface area contributed by atoms with Gasteiger partial charge in [-0.25, -0.2) is 4.63 Å². The molecule has 3 rings (SSSR count). The number of anilines is 1. The predicted octanol–water partition coefficient (Wildman–Crippen LogP) is 2.38. The van der Waals surface area contributed by atoms with E-state index >= 15 is 0 Å². The maximum Gasteiger partial charge on any atom is 0.295 e. The van der Waals surface area contributed by atoms with Gasteiger partial charge in [0, 0.05) is 10.1 Å². The second-order valence-corrected chi connectivity index (χ2v) is 5.64. The molecular weight excluding hydrogens is 330 g/mol. The van der Waals surface area contributed by atoms with Gasteiger partial charge in [0.15, 0.2) is 17.3 Å². The molecule has 10 heteroatoms. The van der Waals surface area contributed by atoms with Gasteiger partial charge in [0.2, 0.25) is 0 Å². The van der Waals surface area contributed by atoms with Gasteiger partial charge in [0.25, 0.3) is 5.91 Å². The number of carbonyl (C=O) groups excluding carboxylic acids is 1. The number of nitrogens with one attached hydrogen (secondary N) is 1. The van der Waals surface area contributed by atoms with E-state index in [4.69, 9.17) is 22.7 Å². The Morgan fingerprint density at radius 2 is 2.14 bits per heavy atom. The molecule has 0 spiro atoms. The Bertz CT molecular complexity index is 890. The summed E-state index contributed by atoms with van der Waals surface area (Å²) in [6.45, 7) is 0. The summed E-state index contributed by atoms with van der Waals surface area (Å²) in [6.07, 6.45) is 0. The standard InChI is InChI=1S/C12H8ClN5O3S/c13-7-5-3-1-2-4-6(5)22-9(7)12(19)18(20)11(15)8-10(14)17-21-16-8/h1-4,15,20H,(H2,14,17). The fraction of sp³-hybridized carbons (Fsp3) is 0. The van der Waals surface area contributed by atoms with Crippen LogP contribution in [0.2, 0.25) is 5.02 Å². The summed E-state index contributed by atoms with van der Waals surface area (Å²) < 4.78 is 5.13. The van der Waals surface area contributed by atoms with Crippen molar-refractivity contribution in [1.29, 1.82) is 5.41 Å². The zero-order valence-corrected chi connectivity index (χ0v) is 12.4. The van der Waals surface area contributed by atoms with E-state index in [0.29, 0.717) is 5.39 Å². The van der Waals surface area contributed by atoms with Gasteiger partial charge >= 0.3 is 0 Å². The number of thiophene rings is 1. The van der Waals surface area contributed by atoms with Crippen LogP contribution in [0.3, 0.4) is 0 Å². The van der Waals surface area contributed by atoms with Crippen molar-refractivity contribution in [1.82, 2.24) is 15.4 Å². The number of nitrogens with two attached hydrogens (primary N) is 1. The maximum atomic E-state index is 12.3. The van der Waals surface area contributed by atoms with E-state index in [1.807, 2.05) is 6.07 Å². The van der Waals surface area contributed by atoms with E-state index in [2.05, 4.69) is 14.9 Å². The van der Waals surface area contributed by atoms with Gasteiger partial charge in [0.05, 0.1) is 5.02 Å². The van der Waals surface area contributed by atoms with Crippen LogP contribution in [0.25, 0.3) is 10.1 Å². The Balaban J connectivity index is 1.97. The molecule has 0 fully saturated rings. The van der Waals surface area contributed by atoms with Crippen LogP contribution in [0.1, 0.15) is 15.4 Å². The van der Waals surface area contributed by atoms with Crippen LogP contribution in [0, 0.1) is 5.41 Å². The highest BCUT2D eigenvalue weighted by molar-refractivity contribution is 7.21. The number of rotatable bonds is 2. The van der Waals surface area contributed by atoms with Crippen LogP contribution in [-0.2, 0) is 0 Å². The SMILES string of the molecule is N=C(c1nonc1N)N(O)C(=O)c1sc2ccccc2c1Cl. The molecule has 2 heterocycles. The first-order valence-corrected chi connectivity index (χ1v) is 7.07. The van der Waals surface area contributed by atoms with E-state index in [-0.39, 0.29) is 26.5 Å². The van der Waals surface area contributed by atoms with Crippen molar-refractivity contribution < 1.29 is 14.6 Å². The van der Waals surface area contributed by atoms with Gasteiger partial charge < -0.3 is 5.73 Å². The molecule has 4 N–H and O–H groups in total. The lowest BCUT2D eigenvalue weighted by atomic mass is 10.2. The number of amides is 1. The predicted molar refractivity (Wildman–Crippen MR) is 80.3 cm³/mol. The van der Waals surface area contributed by atoms with Crippen molar-refractivity contribution in [3.8, 4) is 0 Å². The molecule has 0 radical (unpaired) electrons. The summed E-state index contributed by atoms with van der Waals surface area (Å²) >= 11 is 7.28. The minimum absolute atomic E-state index is 0.102. The van der Waals surface area contributed by atoms with Crippen molar-refractivity contribution in [3.63, 3.8) is 0 Å². The Labute approximate surface area is 132 Å². The van der Waals surface area contributed by atoms with Gasteiger partial charge in [-0.1, -0.05) is 29.8 Å². The number of amidine groups is 1. The van der Waals surface area contributed by atoms with Gasteiger partial charge in [-0.15, -0.1) is 11.3 Å². The molecule has 1 amide bonds. The van der Waals surface area contributed by atoms with E-state index in [0.717, 1.165) is 16.0 Å². The first-order valence-electron chi connectivity index (χ1n) is 5.88. The van der Waals surface area contributed by atoms with Crippen LogP contribution in [0.15, 0.2) is 28.9 Å². The number of aromatic nitrogens is 2. The normalized spacial score (nSPS) is 10.8. The lowest BCUT2D eigenvalue weighted by Crippen LogP contribution is -2.34. The molecule has 22 heavy (non-hydrogen) atoms. The third kappa shape index (κ3) is 2.21. The lowest BCUT2D eigenvalue weighted by Gasteiger charge is -2.12. The molecule has 0 atom stereocenters. The van der Waals surface area contributed by atoms with Crippen molar-refractivity contribution in [2.45, 2.75) is 0 Å². The third-order valence-electron chi connectivity index (χ3n) is 2.87. The maximum absolute atomic E-state index is 12.3. The summed E-state index contributed by atoms with van der Waals surface area (Å²) in [6, 6.07) is 7.16. The lowest BCUT2D eigenvalue weighted by molar-refractivity contribution is -0.00287. The summed E-state index contributed by atoms with van der Waals surface area (Å²) in [5, 5.41) is 25.3. The zero-order valence-electron chi connectivity index (χ0n) is 10.8. The van der Waals surface area contributed by atoms with Crippen LogP contribution < -0.4 is 5.73 Å². The van der Waals surface area contributed by atoms with Crippen LogP contribution in [0.5, 0.6) is 0 Å². The van der Waals surface area contributed by atoms with Gasteiger partial charge in [-0.05, 0) is 16.4 Å². The molecule has 2 aromatic heterocycles. The third-order valence-corrected chi connectivity index (χ3v) is 4.53. The van der Waals surface area contributed by atoms with E-state index in [1.165, 1.54) is 0 Å². The Morgan fingerprint density at radius 1 is 1.41 bits per heavy atom. The molecule has 0 bridgehead atoms. The highest BCUT2D eigenvalue weighted by Gasteiger charge is 2.27. The summed E-state index contributed by atoms with van der Waals surface area (Å²) in [5.41, 5.74) is 5.19. The monoisotopic (exact) mass is 337 g/mol. The number of carbonyl (C=O) groups is 1. The van der Waals surface area contributed by atoms with Gasteiger partial charge in [0.1, 0.15) is 4.88 Å². The van der Waals surface area contributed by atoms with Crippen LogP contribution in [-0.4, -0.2) is 32.3 Å². The summed E-state index contributed by atoms with van der Waals surface area (Å²) in [5.74, 6) is -1.73. The fourth-order valence-corrected chi connectivity index (χ4v) is 3.25. The average molecular weight is 338 g/mol. The number of benzene rings is 1. The smallest absolute Gasteiger partial charge is 0.295 e. The molecule has 0 aliphatic heterocycles. The van der Waals surface area contributed by atoms with Crippen LogP contribution >= 0.6 is 22.9 Å². The van der Waals surface area contributed by atoms with E-state index < -0.39 is 11.7 Å². The minimum atomic E-state index is -0.862. The Kier molecular flexibility index (Phi) is 3.53. The molecule has 0 saturated carbocycles. The fourth-order valence-electron chi connectivity index (χ4n) is 1.81. The van der Waals surface area contributed by atoms with Crippen molar-refractivity contribution in [2.75, 3.05) is 5.73 Å². The highest BCUT2D eigenvalue weighted by Crippen LogP contribution is 2.35. The summed E-state index contributed by atoms with van der Waals surface area (Å²) in [7, 11) is 0. The number of hydroxylamine groups is 2. The first kappa shape index (κ1) is 14.4. The van der Waals surface area contributed by atoms with Gasteiger partial charge in [-0.3, -0.25) is 15.4 Å². The second-order valence-electron chi connectivity index (χ2n) is 4.20. The minimum Gasteiger partial charge on any atom is -0.379 e.